The number of aromatic nitrogens is 3. The molecule has 23 heavy (non-hydrogen) atoms. The molecule has 2 heterocycles. The fraction of sp³-hybridized carbons (Fsp3) is 0.118. The molecular formula is C17H14BrN3O2. The second kappa shape index (κ2) is 6.34. The van der Waals surface area contributed by atoms with E-state index in [0.717, 1.165) is 15.6 Å². The minimum Gasteiger partial charge on any atom is -0.477 e. The number of aromatic carboxylic acids is 1. The van der Waals surface area contributed by atoms with Crippen LogP contribution in [-0.2, 0) is 6.54 Å². The lowest BCUT2D eigenvalue weighted by atomic mass is 10.2. The summed E-state index contributed by atoms with van der Waals surface area (Å²) in [5, 5.41) is 9.54. The first kappa shape index (κ1) is 15.4. The number of halogens is 1. The molecule has 3 aromatic rings. The summed E-state index contributed by atoms with van der Waals surface area (Å²) in [6, 6.07) is 11.5. The van der Waals surface area contributed by atoms with Crippen LogP contribution in [-0.4, -0.2) is 25.6 Å². The predicted molar refractivity (Wildman–Crippen MR) is 90.4 cm³/mol. The van der Waals surface area contributed by atoms with Crippen molar-refractivity contribution in [2.24, 2.45) is 0 Å². The molecule has 0 radical (unpaired) electrons. The highest BCUT2D eigenvalue weighted by molar-refractivity contribution is 9.10. The number of imidazole rings is 1. The molecule has 0 spiro atoms. The van der Waals surface area contributed by atoms with Gasteiger partial charge in [-0.1, -0.05) is 28.1 Å². The van der Waals surface area contributed by atoms with E-state index in [0.29, 0.717) is 18.1 Å². The second-order valence-electron chi connectivity index (χ2n) is 5.13. The Labute approximate surface area is 141 Å². The maximum atomic E-state index is 11.6. The van der Waals surface area contributed by atoms with Crippen molar-refractivity contribution in [3.63, 3.8) is 0 Å². The average Bonchev–Trinajstić information content (AvgIpc) is 2.87. The van der Waals surface area contributed by atoms with Crippen molar-refractivity contribution >= 4 is 21.9 Å². The average molecular weight is 372 g/mol. The molecular weight excluding hydrogens is 358 g/mol. The van der Waals surface area contributed by atoms with Crippen molar-refractivity contribution in [1.29, 1.82) is 0 Å². The molecule has 0 aliphatic rings. The molecule has 5 nitrogen and oxygen atoms in total. The topological polar surface area (TPSA) is 68.0 Å². The van der Waals surface area contributed by atoms with Crippen molar-refractivity contribution in [2.45, 2.75) is 13.5 Å². The maximum absolute atomic E-state index is 11.6. The molecule has 0 bridgehead atoms. The summed E-state index contributed by atoms with van der Waals surface area (Å²) in [6.45, 7) is 2.14. The lowest BCUT2D eigenvalue weighted by molar-refractivity contribution is 0.0685. The summed E-state index contributed by atoms with van der Waals surface area (Å²) in [6.07, 6.45) is 3.36. The molecule has 3 rings (SSSR count). The van der Waals surface area contributed by atoms with Gasteiger partial charge in [0.15, 0.2) is 5.69 Å². The molecule has 0 unspecified atom stereocenters. The summed E-state index contributed by atoms with van der Waals surface area (Å²) >= 11 is 3.40. The summed E-state index contributed by atoms with van der Waals surface area (Å²) in [7, 11) is 0. The molecule has 0 saturated heterocycles. The zero-order valence-electron chi connectivity index (χ0n) is 12.4. The van der Waals surface area contributed by atoms with Crippen LogP contribution in [0.4, 0.5) is 0 Å². The lowest BCUT2D eigenvalue weighted by Gasteiger charge is -2.10. The Bertz CT molecular complexity index is 842. The first-order valence-electron chi connectivity index (χ1n) is 7.01. The van der Waals surface area contributed by atoms with E-state index in [9.17, 15) is 9.90 Å². The Kier molecular flexibility index (Phi) is 4.25. The number of hydrogen-bond donors (Lipinski definition) is 1. The van der Waals surface area contributed by atoms with E-state index in [2.05, 4.69) is 25.9 Å². The first-order chi connectivity index (χ1) is 11.1. The smallest absolute Gasteiger partial charge is 0.354 e. The van der Waals surface area contributed by atoms with Gasteiger partial charge in [-0.05, 0) is 36.8 Å². The molecule has 0 aliphatic heterocycles. The fourth-order valence-electron chi connectivity index (χ4n) is 2.49. The zero-order chi connectivity index (χ0) is 16.4. The van der Waals surface area contributed by atoms with Crippen LogP contribution in [0.15, 0.2) is 53.3 Å². The van der Waals surface area contributed by atoms with E-state index in [1.165, 1.54) is 0 Å². The van der Waals surface area contributed by atoms with E-state index in [4.69, 9.17) is 0 Å². The Morgan fingerprint density at radius 1 is 1.26 bits per heavy atom. The number of nitrogens with zero attached hydrogens (tertiary/aromatic N) is 3. The van der Waals surface area contributed by atoms with Gasteiger partial charge in [-0.15, -0.1) is 0 Å². The minimum absolute atomic E-state index is 0.201. The Balaban J connectivity index is 2.12. The number of carbonyl (C=O) groups is 1. The number of rotatable bonds is 4. The molecule has 1 N–H and O–H groups in total. The van der Waals surface area contributed by atoms with Crippen molar-refractivity contribution in [1.82, 2.24) is 14.5 Å². The Hall–Kier alpha value is -2.47. The van der Waals surface area contributed by atoms with Crippen LogP contribution < -0.4 is 0 Å². The van der Waals surface area contributed by atoms with Gasteiger partial charge < -0.3 is 9.67 Å². The van der Waals surface area contributed by atoms with Gasteiger partial charge in [0.05, 0.1) is 5.69 Å². The van der Waals surface area contributed by atoms with Gasteiger partial charge in [0.1, 0.15) is 5.82 Å². The SMILES string of the molecule is Cc1nc(-c2cccnc2)n(Cc2ccc(Br)cc2)c1C(=O)O. The van der Waals surface area contributed by atoms with Crippen LogP contribution in [0.25, 0.3) is 11.4 Å². The third-order valence-electron chi connectivity index (χ3n) is 3.52. The van der Waals surface area contributed by atoms with E-state index >= 15 is 0 Å². The highest BCUT2D eigenvalue weighted by atomic mass is 79.9. The van der Waals surface area contributed by atoms with Crippen LogP contribution >= 0.6 is 15.9 Å². The van der Waals surface area contributed by atoms with Gasteiger partial charge in [-0.3, -0.25) is 4.98 Å². The normalized spacial score (nSPS) is 10.7. The minimum atomic E-state index is -0.984. The molecule has 116 valence electrons. The number of pyridine rings is 1. The number of carboxylic acid groups (broad SMARTS) is 1. The summed E-state index contributed by atoms with van der Waals surface area (Å²) in [5.74, 6) is -0.377. The van der Waals surface area contributed by atoms with Gasteiger partial charge in [-0.25, -0.2) is 9.78 Å². The molecule has 0 aliphatic carbocycles. The van der Waals surface area contributed by atoms with E-state index in [-0.39, 0.29) is 5.69 Å². The number of hydrogen-bond acceptors (Lipinski definition) is 3. The van der Waals surface area contributed by atoms with E-state index in [1.807, 2.05) is 36.4 Å². The van der Waals surface area contributed by atoms with E-state index in [1.54, 1.807) is 23.9 Å². The van der Waals surface area contributed by atoms with Crippen LogP contribution in [0.3, 0.4) is 0 Å². The van der Waals surface area contributed by atoms with Crippen LogP contribution in [0.5, 0.6) is 0 Å². The molecule has 0 amide bonds. The van der Waals surface area contributed by atoms with Gasteiger partial charge in [0, 0.05) is 29.0 Å². The van der Waals surface area contributed by atoms with Crippen LogP contribution in [0, 0.1) is 6.92 Å². The number of carboxylic acids is 1. The Morgan fingerprint density at radius 2 is 2.00 bits per heavy atom. The van der Waals surface area contributed by atoms with E-state index < -0.39 is 5.97 Å². The van der Waals surface area contributed by atoms with Crippen LogP contribution in [0.2, 0.25) is 0 Å². The molecule has 0 saturated carbocycles. The molecule has 2 aromatic heterocycles. The Morgan fingerprint density at radius 3 is 2.61 bits per heavy atom. The summed E-state index contributed by atoms with van der Waals surface area (Å²) < 4.78 is 2.70. The number of aryl methyl sites for hydroxylation is 1. The van der Waals surface area contributed by atoms with Crippen molar-refractivity contribution in [3.8, 4) is 11.4 Å². The monoisotopic (exact) mass is 371 g/mol. The standard InChI is InChI=1S/C17H14BrN3O2/c1-11-15(17(22)23)21(10-12-4-6-14(18)7-5-12)16(20-11)13-3-2-8-19-9-13/h2-9H,10H2,1H3,(H,22,23). The maximum Gasteiger partial charge on any atom is 0.354 e. The highest BCUT2D eigenvalue weighted by Crippen LogP contribution is 2.23. The highest BCUT2D eigenvalue weighted by Gasteiger charge is 2.21. The molecule has 0 atom stereocenters. The van der Waals surface area contributed by atoms with Crippen molar-refractivity contribution in [3.05, 3.63) is 70.2 Å². The predicted octanol–water partition coefficient (Wildman–Crippen LogP) is 3.76. The van der Waals surface area contributed by atoms with Gasteiger partial charge in [-0.2, -0.15) is 0 Å². The first-order valence-corrected chi connectivity index (χ1v) is 7.81. The molecule has 0 fully saturated rings. The third kappa shape index (κ3) is 3.17. The fourth-order valence-corrected chi connectivity index (χ4v) is 2.75. The summed E-state index contributed by atoms with van der Waals surface area (Å²) in [5.41, 5.74) is 2.48. The lowest BCUT2D eigenvalue weighted by Crippen LogP contribution is -2.11. The zero-order valence-corrected chi connectivity index (χ0v) is 14.0. The molecule has 1 aromatic carbocycles. The second-order valence-corrected chi connectivity index (χ2v) is 6.04. The third-order valence-corrected chi connectivity index (χ3v) is 4.05. The largest absolute Gasteiger partial charge is 0.477 e. The van der Waals surface area contributed by atoms with Gasteiger partial charge in [0.2, 0.25) is 0 Å². The van der Waals surface area contributed by atoms with Crippen LogP contribution in [0.1, 0.15) is 21.7 Å². The summed E-state index contributed by atoms with van der Waals surface area (Å²) in [4.78, 5) is 20.2. The van der Waals surface area contributed by atoms with Crippen molar-refractivity contribution in [2.75, 3.05) is 0 Å². The van der Waals surface area contributed by atoms with Gasteiger partial charge in [0.25, 0.3) is 0 Å². The van der Waals surface area contributed by atoms with Crippen molar-refractivity contribution < 1.29 is 9.90 Å². The quantitative estimate of drug-likeness (QED) is 0.757. The molecule has 6 heteroatoms. The van der Waals surface area contributed by atoms with Gasteiger partial charge >= 0.3 is 5.97 Å². The number of benzene rings is 1.